The molecule has 10 heteroatoms. The highest BCUT2D eigenvalue weighted by Crippen LogP contribution is 2.36. The molecule has 4 rings (SSSR count). The predicted octanol–water partition coefficient (Wildman–Crippen LogP) is 3.41. The first-order valence-electron chi connectivity index (χ1n) is 8.83. The van der Waals surface area contributed by atoms with Crippen LogP contribution in [0.1, 0.15) is 32.9 Å². The molecule has 0 fully saturated rings. The molecule has 3 heterocycles. The molecule has 150 valence electrons. The van der Waals surface area contributed by atoms with Crippen LogP contribution < -0.4 is 5.32 Å². The second kappa shape index (κ2) is 7.57. The first kappa shape index (κ1) is 19.5. The molecule has 0 amide bonds. The van der Waals surface area contributed by atoms with Crippen LogP contribution >= 0.6 is 11.6 Å². The Hall–Kier alpha value is -2.78. The molecule has 0 atom stereocenters. The number of hydrogen-bond donors (Lipinski definition) is 1. The fourth-order valence-electron chi connectivity index (χ4n) is 3.21. The van der Waals surface area contributed by atoms with Gasteiger partial charge < -0.3 is 5.32 Å². The van der Waals surface area contributed by atoms with Crippen molar-refractivity contribution in [2.75, 3.05) is 6.54 Å². The van der Waals surface area contributed by atoms with Gasteiger partial charge in [-0.2, -0.15) is 17.9 Å². The zero-order valence-electron chi connectivity index (χ0n) is 15.0. The van der Waals surface area contributed by atoms with E-state index in [0.717, 1.165) is 30.4 Å². The van der Waals surface area contributed by atoms with E-state index in [-0.39, 0.29) is 12.0 Å². The number of halogens is 4. The molecule has 1 aliphatic rings. The smallest absolute Gasteiger partial charge is 0.311 e. The molecule has 3 aromatic rings. The number of hydrogen-bond acceptors (Lipinski definition) is 5. The summed E-state index contributed by atoms with van der Waals surface area (Å²) in [7, 11) is 0. The largest absolute Gasteiger partial charge is 0.417 e. The van der Waals surface area contributed by atoms with Crippen LogP contribution in [0.25, 0.3) is 5.82 Å². The Labute approximate surface area is 168 Å². The molecule has 0 saturated carbocycles. The second-order valence-corrected chi connectivity index (χ2v) is 6.99. The van der Waals surface area contributed by atoms with Crippen LogP contribution in [-0.2, 0) is 25.6 Å². The summed E-state index contributed by atoms with van der Waals surface area (Å²) in [6, 6.07) is 6.71. The van der Waals surface area contributed by atoms with Gasteiger partial charge in [-0.3, -0.25) is 4.79 Å². The van der Waals surface area contributed by atoms with E-state index in [1.807, 2.05) is 0 Å². The van der Waals surface area contributed by atoms with E-state index in [9.17, 15) is 18.0 Å². The van der Waals surface area contributed by atoms with Crippen molar-refractivity contribution in [3.8, 4) is 5.82 Å². The predicted molar refractivity (Wildman–Crippen MR) is 99.1 cm³/mol. The van der Waals surface area contributed by atoms with Gasteiger partial charge in [-0.25, -0.2) is 4.98 Å². The molecule has 29 heavy (non-hydrogen) atoms. The van der Waals surface area contributed by atoms with Gasteiger partial charge in [0.25, 0.3) is 0 Å². The number of pyridine rings is 1. The van der Waals surface area contributed by atoms with E-state index >= 15 is 0 Å². The van der Waals surface area contributed by atoms with Crippen molar-refractivity contribution in [2.45, 2.75) is 25.6 Å². The van der Waals surface area contributed by atoms with Crippen LogP contribution in [0.2, 0.25) is 5.02 Å². The number of nitrogens with one attached hydrogen (secondary N) is 1. The molecule has 0 unspecified atom stereocenters. The summed E-state index contributed by atoms with van der Waals surface area (Å²) in [5, 5.41) is 10.9. The Morgan fingerprint density at radius 1 is 1.24 bits per heavy atom. The zero-order valence-corrected chi connectivity index (χ0v) is 15.8. The number of ketones is 1. The normalized spacial score (nSPS) is 13.9. The summed E-state index contributed by atoms with van der Waals surface area (Å²) in [5.74, 6) is 0.0498. The van der Waals surface area contributed by atoms with Crippen molar-refractivity contribution in [3.05, 3.63) is 69.6 Å². The topological polar surface area (TPSA) is 72.7 Å². The van der Waals surface area contributed by atoms with Gasteiger partial charge >= 0.3 is 6.18 Å². The molecule has 0 saturated heterocycles. The Bertz CT molecular complexity index is 1060. The highest BCUT2D eigenvalue weighted by Gasteiger charge is 2.34. The van der Waals surface area contributed by atoms with E-state index in [4.69, 9.17) is 11.6 Å². The van der Waals surface area contributed by atoms with E-state index in [1.54, 1.807) is 16.8 Å². The SMILES string of the molecule is O=C(Cc1ccc(-n2nnc3c2CCNC3)nc1)c1cccc(C(F)(F)F)c1Cl. The maximum Gasteiger partial charge on any atom is 0.417 e. The van der Waals surface area contributed by atoms with Crippen LogP contribution in [0.15, 0.2) is 36.5 Å². The van der Waals surface area contributed by atoms with E-state index in [0.29, 0.717) is 17.9 Å². The molecule has 2 aromatic heterocycles. The number of aromatic nitrogens is 4. The molecule has 0 bridgehead atoms. The van der Waals surface area contributed by atoms with Crippen molar-refractivity contribution < 1.29 is 18.0 Å². The van der Waals surface area contributed by atoms with E-state index in [1.165, 1.54) is 18.3 Å². The highest BCUT2D eigenvalue weighted by atomic mass is 35.5. The zero-order chi connectivity index (χ0) is 20.6. The Kier molecular flexibility index (Phi) is 5.10. The Morgan fingerprint density at radius 2 is 2.07 bits per heavy atom. The van der Waals surface area contributed by atoms with Crippen molar-refractivity contribution in [2.24, 2.45) is 0 Å². The maximum absolute atomic E-state index is 13.0. The lowest BCUT2D eigenvalue weighted by atomic mass is 10.0. The van der Waals surface area contributed by atoms with Gasteiger partial charge in [-0.15, -0.1) is 5.10 Å². The number of rotatable bonds is 4. The van der Waals surface area contributed by atoms with E-state index in [2.05, 4.69) is 20.6 Å². The van der Waals surface area contributed by atoms with Gasteiger partial charge in [0.1, 0.15) is 5.69 Å². The highest BCUT2D eigenvalue weighted by molar-refractivity contribution is 6.34. The van der Waals surface area contributed by atoms with Gasteiger partial charge in [-0.05, 0) is 23.8 Å². The van der Waals surface area contributed by atoms with Gasteiger partial charge in [0, 0.05) is 37.7 Å². The number of benzene rings is 1. The number of nitrogens with zero attached hydrogens (tertiary/aromatic N) is 4. The van der Waals surface area contributed by atoms with Gasteiger partial charge in [0.2, 0.25) is 0 Å². The lowest BCUT2D eigenvalue weighted by molar-refractivity contribution is -0.137. The monoisotopic (exact) mass is 421 g/mol. The third-order valence-electron chi connectivity index (χ3n) is 4.67. The Morgan fingerprint density at radius 3 is 2.79 bits per heavy atom. The third kappa shape index (κ3) is 3.88. The van der Waals surface area contributed by atoms with Crippen LogP contribution in [0.3, 0.4) is 0 Å². The quantitative estimate of drug-likeness (QED) is 0.654. The lowest BCUT2D eigenvalue weighted by Crippen LogP contribution is -2.25. The molecule has 1 aliphatic heterocycles. The van der Waals surface area contributed by atoms with Crippen molar-refractivity contribution >= 4 is 17.4 Å². The lowest BCUT2D eigenvalue weighted by Gasteiger charge is -2.13. The molecule has 1 aromatic carbocycles. The van der Waals surface area contributed by atoms with Crippen LogP contribution in [0, 0.1) is 0 Å². The van der Waals surface area contributed by atoms with Gasteiger partial charge in [-0.1, -0.05) is 28.9 Å². The summed E-state index contributed by atoms with van der Waals surface area (Å²) in [4.78, 5) is 16.8. The minimum absolute atomic E-state index is 0.117. The summed E-state index contributed by atoms with van der Waals surface area (Å²) in [6.07, 6.45) is -2.46. The van der Waals surface area contributed by atoms with Gasteiger partial charge in [0.15, 0.2) is 11.6 Å². The number of alkyl halides is 3. The molecule has 1 N–H and O–H groups in total. The summed E-state index contributed by atoms with van der Waals surface area (Å²) < 4.78 is 40.6. The third-order valence-corrected chi connectivity index (χ3v) is 5.08. The fourth-order valence-corrected chi connectivity index (χ4v) is 3.55. The standard InChI is InChI=1S/C19H15ClF3N5O/c20-18-12(2-1-3-13(18)19(21,22)23)16(29)8-11-4-5-17(25-9-11)28-15-6-7-24-10-14(15)26-27-28/h1-5,9,24H,6-8,10H2. The van der Waals surface area contributed by atoms with Crippen LogP contribution in [0.5, 0.6) is 0 Å². The molecular formula is C19H15ClF3N5O. The Balaban J connectivity index is 1.54. The minimum atomic E-state index is -4.62. The van der Waals surface area contributed by atoms with Crippen molar-refractivity contribution in [3.63, 3.8) is 0 Å². The minimum Gasteiger partial charge on any atom is -0.311 e. The number of carbonyl (C=O) groups excluding carboxylic acids is 1. The molecular weight excluding hydrogens is 407 g/mol. The van der Waals surface area contributed by atoms with Crippen molar-refractivity contribution in [1.29, 1.82) is 0 Å². The van der Waals surface area contributed by atoms with Crippen molar-refractivity contribution in [1.82, 2.24) is 25.3 Å². The molecule has 6 nitrogen and oxygen atoms in total. The fraction of sp³-hybridized carbons (Fsp3) is 0.263. The summed E-state index contributed by atoms with van der Waals surface area (Å²) in [6.45, 7) is 1.48. The summed E-state index contributed by atoms with van der Waals surface area (Å²) >= 11 is 5.83. The molecule has 0 radical (unpaired) electrons. The second-order valence-electron chi connectivity index (χ2n) is 6.61. The number of fused-ring (bicyclic) bond motifs is 1. The average Bonchev–Trinajstić information content (AvgIpc) is 3.12. The maximum atomic E-state index is 13.0. The number of Topliss-reactive ketones (excluding diaryl/α,β-unsaturated/α-hetero) is 1. The number of carbonyl (C=O) groups is 1. The molecule has 0 spiro atoms. The van der Waals surface area contributed by atoms with Crippen LogP contribution in [-0.4, -0.2) is 32.3 Å². The van der Waals surface area contributed by atoms with E-state index < -0.39 is 22.5 Å². The molecule has 0 aliphatic carbocycles. The first-order chi connectivity index (χ1) is 13.8. The van der Waals surface area contributed by atoms with Gasteiger partial charge in [0.05, 0.1) is 16.3 Å². The average molecular weight is 422 g/mol. The van der Waals surface area contributed by atoms with Crippen LogP contribution in [0.4, 0.5) is 13.2 Å². The first-order valence-corrected chi connectivity index (χ1v) is 9.21. The summed E-state index contributed by atoms with van der Waals surface area (Å²) in [5.41, 5.74) is 1.22.